The van der Waals surface area contributed by atoms with Crippen LogP contribution in [0.4, 0.5) is 5.69 Å². The molecule has 1 aliphatic heterocycles. The summed E-state index contributed by atoms with van der Waals surface area (Å²) in [6.45, 7) is 1.07. The topological polar surface area (TPSA) is 58.6 Å². The quantitative estimate of drug-likeness (QED) is 0.809. The number of carbonyl (C=O) groups excluding carboxylic acids is 2. The van der Waals surface area contributed by atoms with Crippen LogP contribution in [-0.4, -0.2) is 32.0 Å². The number of methoxy groups -OCH3 is 1. The van der Waals surface area contributed by atoms with Crippen molar-refractivity contribution in [1.29, 1.82) is 0 Å². The molecule has 1 aliphatic carbocycles. The maximum Gasteiger partial charge on any atom is 0.227 e. The lowest BCUT2D eigenvalue weighted by Crippen LogP contribution is -2.33. The van der Waals surface area contributed by atoms with E-state index in [0.29, 0.717) is 18.8 Å². The Morgan fingerprint density at radius 3 is 2.92 bits per heavy atom. The molecule has 1 N–H and O–H groups in total. The summed E-state index contributed by atoms with van der Waals surface area (Å²) in [5, 5.41) is 3.00. The van der Waals surface area contributed by atoms with Crippen molar-refractivity contribution in [3.05, 3.63) is 35.9 Å². The van der Waals surface area contributed by atoms with Crippen molar-refractivity contribution < 1.29 is 14.3 Å². The van der Waals surface area contributed by atoms with E-state index in [1.807, 2.05) is 24.3 Å². The minimum absolute atomic E-state index is 0.0258. The van der Waals surface area contributed by atoms with Crippen LogP contribution in [-0.2, 0) is 9.59 Å². The molecule has 0 radical (unpaired) electrons. The molecule has 0 aromatic heterocycles. The number of hydrogen-bond donors (Lipinski definition) is 1. The Hall–Kier alpha value is -2.30. The Bertz CT molecular complexity index is 669. The maximum absolute atomic E-state index is 12.4. The van der Waals surface area contributed by atoms with Crippen LogP contribution in [0.1, 0.15) is 38.5 Å². The first-order valence-corrected chi connectivity index (χ1v) is 9.08. The number of amides is 2. The van der Waals surface area contributed by atoms with Crippen molar-refractivity contribution >= 4 is 17.5 Å². The lowest BCUT2D eigenvalue weighted by atomic mass is 9.97. The van der Waals surface area contributed by atoms with Gasteiger partial charge in [0.25, 0.3) is 0 Å². The van der Waals surface area contributed by atoms with Crippen molar-refractivity contribution in [2.45, 2.75) is 38.5 Å². The second-order valence-electron chi connectivity index (χ2n) is 6.73. The van der Waals surface area contributed by atoms with Gasteiger partial charge in [-0.2, -0.15) is 0 Å². The Labute approximate surface area is 149 Å². The van der Waals surface area contributed by atoms with Crippen LogP contribution in [0.25, 0.3) is 0 Å². The number of nitrogens with one attached hydrogen (secondary N) is 1. The van der Waals surface area contributed by atoms with Gasteiger partial charge in [-0.25, -0.2) is 0 Å². The molecule has 134 valence electrons. The molecular formula is C20H26N2O3. The standard InChI is InChI=1S/C20H26N2O3/c1-25-18-10-6-5-9-17(18)22-14-16(13-19(22)23)20(24)21-12-11-15-7-3-2-4-8-15/h5-7,9-10,16H,2-4,8,11-14H2,1H3,(H,21,24)/t16-/m0/s1. The fraction of sp³-hybridized carbons (Fsp3) is 0.500. The van der Waals surface area contributed by atoms with Crippen LogP contribution >= 0.6 is 0 Å². The summed E-state index contributed by atoms with van der Waals surface area (Å²) in [5.41, 5.74) is 2.18. The predicted molar refractivity (Wildman–Crippen MR) is 97.6 cm³/mol. The average molecular weight is 342 g/mol. The third kappa shape index (κ3) is 4.21. The highest BCUT2D eigenvalue weighted by molar-refractivity contribution is 6.01. The van der Waals surface area contributed by atoms with Crippen molar-refractivity contribution in [2.24, 2.45) is 5.92 Å². The summed E-state index contributed by atoms with van der Waals surface area (Å²) >= 11 is 0. The zero-order valence-corrected chi connectivity index (χ0v) is 14.8. The number of hydrogen-bond acceptors (Lipinski definition) is 3. The van der Waals surface area contributed by atoms with Gasteiger partial charge >= 0.3 is 0 Å². The highest BCUT2D eigenvalue weighted by Gasteiger charge is 2.36. The first kappa shape index (κ1) is 17.5. The highest BCUT2D eigenvalue weighted by atomic mass is 16.5. The number of benzene rings is 1. The number of carbonyl (C=O) groups is 2. The molecule has 1 saturated heterocycles. The van der Waals surface area contributed by atoms with Crippen LogP contribution < -0.4 is 15.0 Å². The number of ether oxygens (including phenoxy) is 1. The van der Waals surface area contributed by atoms with Crippen molar-refractivity contribution in [1.82, 2.24) is 5.32 Å². The summed E-state index contributed by atoms with van der Waals surface area (Å²) in [6, 6.07) is 7.42. The van der Waals surface area contributed by atoms with Crippen molar-refractivity contribution in [3.8, 4) is 5.75 Å². The van der Waals surface area contributed by atoms with Gasteiger partial charge in [0.15, 0.2) is 0 Å². The summed E-state index contributed by atoms with van der Waals surface area (Å²) in [7, 11) is 1.59. The van der Waals surface area contributed by atoms with Gasteiger partial charge in [0.05, 0.1) is 18.7 Å². The van der Waals surface area contributed by atoms with Crippen molar-refractivity contribution in [2.75, 3.05) is 25.1 Å². The molecule has 2 aliphatic rings. The van der Waals surface area contributed by atoms with Gasteiger partial charge in [-0.1, -0.05) is 23.8 Å². The molecule has 3 rings (SSSR count). The van der Waals surface area contributed by atoms with Crippen LogP contribution in [0, 0.1) is 5.92 Å². The molecule has 5 heteroatoms. The van der Waals surface area contributed by atoms with Crippen LogP contribution in [0.5, 0.6) is 5.75 Å². The Kier molecular flexibility index (Phi) is 5.74. The molecule has 1 atom stereocenters. The van der Waals surface area contributed by atoms with Gasteiger partial charge in [0.1, 0.15) is 5.75 Å². The molecule has 1 fully saturated rings. The van der Waals surface area contributed by atoms with Gasteiger partial charge in [-0.15, -0.1) is 0 Å². The highest BCUT2D eigenvalue weighted by Crippen LogP contribution is 2.32. The lowest BCUT2D eigenvalue weighted by Gasteiger charge is -2.19. The minimum atomic E-state index is -0.294. The summed E-state index contributed by atoms with van der Waals surface area (Å²) in [5.74, 6) is 0.306. The Morgan fingerprint density at radius 1 is 1.32 bits per heavy atom. The van der Waals surface area contributed by atoms with Gasteiger partial charge in [-0.05, 0) is 44.2 Å². The van der Waals surface area contributed by atoms with Crippen molar-refractivity contribution in [3.63, 3.8) is 0 Å². The van der Waals surface area contributed by atoms with E-state index in [0.717, 1.165) is 24.9 Å². The maximum atomic E-state index is 12.4. The average Bonchev–Trinajstić information content (AvgIpc) is 3.04. The van der Waals surface area contributed by atoms with E-state index in [2.05, 4.69) is 11.4 Å². The SMILES string of the molecule is COc1ccccc1N1C[C@@H](C(=O)NCCC2=CCCCC2)CC1=O. The molecule has 0 saturated carbocycles. The molecular weight excluding hydrogens is 316 g/mol. The van der Waals surface area contributed by atoms with Gasteiger partial charge < -0.3 is 15.0 Å². The fourth-order valence-electron chi connectivity index (χ4n) is 3.59. The van der Waals surface area contributed by atoms with Gasteiger partial charge in [-0.3, -0.25) is 9.59 Å². The molecule has 0 bridgehead atoms. The smallest absolute Gasteiger partial charge is 0.227 e. The van der Waals surface area contributed by atoms with E-state index in [1.54, 1.807) is 12.0 Å². The lowest BCUT2D eigenvalue weighted by molar-refractivity contribution is -0.126. The number of allylic oxidation sites excluding steroid dienone is 1. The third-order valence-electron chi connectivity index (χ3n) is 5.00. The summed E-state index contributed by atoms with van der Waals surface area (Å²) in [4.78, 5) is 26.4. The monoisotopic (exact) mass is 342 g/mol. The Balaban J connectivity index is 1.54. The fourth-order valence-corrected chi connectivity index (χ4v) is 3.59. The second-order valence-corrected chi connectivity index (χ2v) is 6.73. The van der Waals surface area contributed by atoms with Crippen LogP contribution in [0.15, 0.2) is 35.9 Å². The van der Waals surface area contributed by atoms with E-state index < -0.39 is 0 Å². The first-order valence-electron chi connectivity index (χ1n) is 9.08. The van der Waals surface area contributed by atoms with E-state index in [9.17, 15) is 9.59 Å². The molecule has 0 unspecified atom stereocenters. The summed E-state index contributed by atoms with van der Waals surface area (Å²) < 4.78 is 5.33. The normalized spacial score (nSPS) is 20.4. The minimum Gasteiger partial charge on any atom is -0.495 e. The van der Waals surface area contributed by atoms with E-state index in [4.69, 9.17) is 4.74 Å². The van der Waals surface area contributed by atoms with Crippen LogP contribution in [0.3, 0.4) is 0 Å². The van der Waals surface area contributed by atoms with E-state index in [1.165, 1.54) is 18.4 Å². The van der Waals surface area contributed by atoms with Gasteiger partial charge in [0.2, 0.25) is 11.8 Å². The Morgan fingerprint density at radius 2 is 2.16 bits per heavy atom. The summed E-state index contributed by atoms with van der Waals surface area (Å²) in [6.07, 6.45) is 8.32. The van der Waals surface area contributed by atoms with Crippen LogP contribution in [0.2, 0.25) is 0 Å². The number of rotatable bonds is 6. The second kappa shape index (κ2) is 8.19. The number of nitrogens with zero attached hydrogens (tertiary/aromatic N) is 1. The predicted octanol–water partition coefficient (Wildman–Crippen LogP) is 3.05. The number of para-hydroxylation sites is 2. The molecule has 5 nitrogen and oxygen atoms in total. The largest absolute Gasteiger partial charge is 0.495 e. The van der Waals surface area contributed by atoms with Gasteiger partial charge in [0, 0.05) is 19.5 Å². The molecule has 0 spiro atoms. The van der Waals surface area contributed by atoms with E-state index >= 15 is 0 Å². The molecule has 25 heavy (non-hydrogen) atoms. The van der Waals surface area contributed by atoms with E-state index in [-0.39, 0.29) is 24.2 Å². The zero-order valence-electron chi connectivity index (χ0n) is 14.8. The number of anilines is 1. The third-order valence-corrected chi connectivity index (χ3v) is 5.00. The molecule has 2 amide bonds. The first-order chi connectivity index (χ1) is 12.2. The molecule has 1 aromatic carbocycles. The zero-order chi connectivity index (χ0) is 17.6. The molecule has 1 heterocycles. The molecule has 1 aromatic rings.